The van der Waals surface area contributed by atoms with Crippen LogP contribution in [0.25, 0.3) is 0 Å². The van der Waals surface area contributed by atoms with Crippen molar-refractivity contribution in [1.29, 1.82) is 5.26 Å². The second-order valence-corrected chi connectivity index (χ2v) is 9.95. The maximum atomic E-state index is 12.6. The Morgan fingerprint density at radius 2 is 2.04 bits per heavy atom. The van der Waals surface area contributed by atoms with Crippen molar-refractivity contribution >= 4 is 39.3 Å². The second-order valence-electron chi connectivity index (χ2n) is 6.34. The lowest BCUT2D eigenvalue weighted by Crippen LogP contribution is -2.40. The minimum atomic E-state index is -3.83. The van der Waals surface area contributed by atoms with Gasteiger partial charge in [0.25, 0.3) is 0 Å². The third kappa shape index (κ3) is 4.50. The summed E-state index contributed by atoms with van der Waals surface area (Å²) in [6.07, 6.45) is 0.746. The first-order valence-electron chi connectivity index (χ1n) is 8.49. The predicted octanol–water partition coefficient (Wildman–Crippen LogP) is 3.19. The Bertz CT molecular complexity index is 1030. The second kappa shape index (κ2) is 8.53. The molecule has 1 atom stereocenters. The number of hydrogen-bond acceptors (Lipinski definition) is 5. The van der Waals surface area contributed by atoms with E-state index in [9.17, 15) is 13.2 Å². The fraction of sp³-hybridized carbons (Fsp3) is 0.263. The number of benzene rings is 2. The van der Waals surface area contributed by atoms with Gasteiger partial charge in [0.1, 0.15) is 0 Å². The van der Waals surface area contributed by atoms with Gasteiger partial charge in [-0.3, -0.25) is 4.79 Å². The molecule has 6 nitrogen and oxygen atoms in total. The average molecular weight is 436 g/mol. The van der Waals surface area contributed by atoms with Crippen molar-refractivity contribution in [3.63, 3.8) is 0 Å². The van der Waals surface area contributed by atoms with Crippen LogP contribution in [0.15, 0.2) is 52.3 Å². The van der Waals surface area contributed by atoms with Crippen LogP contribution in [-0.2, 0) is 14.8 Å². The molecule has 0 unspecified atom stereocenters. The molecule has 1 amide bonds. The van der Waals surface area contributed by atoms with E-state index in [2.05, 4.69) is 5.32 Å². The number of fused-ring (bicyclic) bond motifs is 1. The monoisotopic (exact) mass is 435 g/mol. The molecule has 0 saturated carbocycles. The number of thioether (sulfide) groups is 1. The molecule has 1 aliphatic heterocycles. The number of nitrogens with zero attached hydrogens (tertiary/aromatic N) is 2. The van der Waals surface area contributed by atoms with Crippen molar-refractivity contribution in [3.05, 3.63) is 58.6 Å². The number of sulfonamides is 1. The lowest BCUT2D eigenvalue weighted by molar-refractivity contribution is -0.121. The van der Waals surface area contributed by atoms with Crippen molar-refractivity contribution in [2.45, 2.75) is 22.3 Å². The highest BCUT2D eigenvalue weighted by molar-refractivity contribution is 7.99. The normalized spacial score (nSPS) is 16.3. The SMILES string of the molecule is CN(CC(=O)N[C@@H]1CCSc2ccc(Cl)cc21)S(=O)(=O)c1ccc(C#N)cc1. The van der Waals surface area contributed by atoms with Gasteiger partial charge in [0, 0.05) is 22.7 Å². The molecule has 0 fully saturated rings. The molecule has 1 aliphatic rings. The molecule has 28 heavy (non-hydrogen) atoms. The van der Waals surface area contributed by atoms with Crippen LogP contribution in [0, 0.1) is 11.3 Å². The highest BCUT2D eigenvalue weighted by atomic mass is 35.5. The quantitative estimate of drug-likeness (QED) is 0.778. The Labute approximate surface area is 173 Å². The van der Waals surface area contributed by atoms with E-state index in [1.54, 1.807) is 11.8 Å². The van der Waals surface area contributed by atoms with E-state index in [0.717, 1.165) is 26.9 Å². The maximum absolute atomic E-state index is 12.6. The number of amides is 1. The van der Waals surface area contributed by atoms with Crippen molar-refractivity contribution in [2.24, 2.45) is 0 Å². The van der Waals surface area contributed by atoms with Crippen LogP contribution in [0.2, 0.25) is 5.02 Å². The number of carbonyl (C=O) groups excluding carboxylic acids is 1. The lowest BCUT2D eigenvalue weighted by atomic mass is 10.0. The Morgan fingerprint density at radius 3 is 2.71 bits per heavy atom. The Morgan fingerprint density at radius 1 is 1.32 bits per heavy atom. The van der Waals surface area contributed by atoms with Gasteiger partial charge >= 0.3 is 0 Å². The summed E-state index contributed by atoms with van der Waals surface area (Å²) in [5, 5.41) is 12.3. The van der Waals surface area contributed by atoms with Crippen molar-refractivity contribution < 1.29 is 13.2 Å². The van der Waals surface area contributed by atoms with E-state index in [1.807, 2.05) is 24.3 Å². The first-order chi connectivity index (χ1) is 13.3. The fourth-order valence-electron chi connectivity index (χ4n) is 2.92. The maximum Gasteiger partial charge on any atom is 0.243 e. The molecule has 1 N–H and O–H groups in total. The van der Waals surface area contributed by atoms with Crippen molar-refractivity contribution in [3.8, 4) is 6.07 Å². The van der Waals surface area contributed by atoms with Crippen molar-refractivity contribution in [2.75, 3.05) is 19.3 Å². The summed E-state index contributed by atoms with van der Waals surface area (Å²) in [5.41, 5.74) is 1.32. The summed E-state index contributed by atoms with van der Waals surface area (Å²) in [5.74, 6) is 0.474. The molecular formula is C19H18ClN3O3S2. The van der Waals surface area contributed by atoms with Gasteiger partial charge in [0.15, 0.2) is 0 Å². The average Bonchev–Trinajstić information content (AvgIpc) is 2.68. The number of nitriles is 1. The molecule has 146 valence electrons. The largest absolute Gasteiger partial charge is 0.348 e. The minimum absolute atomic E-state index is 0.0352. The van der Waals surface area contributed by atoms with E-state index >= 15 is 0 Å². The Balaban J connectivity index is 1.69. The summed E-state index contributed by atoms with van der Waals surface area (Å²) < 4.78 is 26.3. The van der Waals surface area contributed by atoms with Gasteiger partial charge in [-0.25, -0.2) is 8.42 Å². The molecule has 0 radical (unpaired) electrons. The number of nitrogens with one attached hydrogen (secondary N) is 1. The van der Waals surface area contributed by atoms with E-state index in [-0.39, 0.29) is 23.4 Å². The van der Waals surface area contributed by atoms with E-state index < -0.39 is 10.0 Å². The van der Waals surface area contributed by atoms with Crippen LogP contribution >= 0.6 is 23.4 Å². The topological polar surface area (TPSA) is 90.3 Å². The first kappa shape index (κ1) is 20.7. The van der Waals surface area contributed by atoms with Gasteiger partial charge < -0.3 is 5.32 Å². The summed E-state index contributed by atoms with van der Waals surface area (Å²) in [7, 11) is -2.47. The van der Waals surface area contributed by atoms with Crippen LogP contribution in [0.3, 0.4) is 0 Å². The highest BCUT2D eigenvalue weighted by Gasteiger charge is 2.26. The molecule has 0 aliphatic carbocycles. The van der Waals surface area contributed by atoms with Gasteiger partial charge in [-0.1, -0.05) is 11.6 Å². The number of halogens is 1. The van der Waals surface area contributed by atoms with Gasteiger partial charge in [0.05, 0.1) is 29.1 Å². The summed E-state index contributed by atoms with van der Waals surface area (Å²) in [4.78, 5) is 13.6. The number of likely N-dealkylation sites (N-methyl/N-ethyl adjacent to an activating group) is 1. The third-order valence-electron chi connectivity index (χ3n) is 4.40. The standard InChI is InChI=1S/C19H18ClN3O3S2/c1-23(28(25,26)15-5-2-13(11-21)3-6-15)12-19(24)22-17-8-9-27-18-7-4-14(20)10-16(17)18/h2-7,10,17H,8-9,12H2,1H3,(H,22,24)/t17-/m1/s1. The summed E-state index contributed by atoms with van der Waals surface area (Å²) in [6, 6.07) is 12.9. The fourth-order valence-corrected chi connectivity index (χ4v) is 5.34. The van der Waals surface area contributed by atoms with E-state index in [1.165, 1.54) is 31.3 Å². The van der Waals surface area contributed by atoms with E-state index in [0.29, 0.717) is 10.6 Å². The van der Waals surface area contributed by atoms with Gasteiger partial charge in [0.2, 0.25) is 15.9 Å². The smallest absolute Gasteiger partial charge is 0.243 e. The zero-order valence-corrected chi connectivity index (χ0v) is 17.4. The number of rotatable bonds is 5. The van der Waals surface area contributed by atoms with Crippen LogP contribution < -0.4 is 5.32 Å². The predicted molar refractivity (Wildman–Crippen MR) is 109 cm³/mol. The first-order valence-corrected chi connectivity index (χ1v) is 11.3. The van der Waals surface area contributed by atoms with Crippen LogP contribution in [0.4, 0.5) is 0 Å². The molecule has 2 aromatic rings. The van der Waals surface area contributed by atoms with Crippen LogP contribution in [-0.4, -0.2) is 38.0 Å². The third-order valence-corrected chi connectivity index (χ3v) is 7.58. The molecule has 9 heteroatoms. The number of hydrogen-bond donors (Lipinski definition) is 1. The molecule has 3 rings (SSSR count). The summed E-state index contributed by atoms with van der Waals surface area (Å²) in [6.45, 7) is -0.304. The Hall–Kier alpha value is -2.05. The zero-order chi connectivity index (χ0) is 20.3. The Kier molecular flexibility index (Phi) is 6.30. The van der Waals surface area contributed by atoms with Gasteiger partial charge in [-0.15, -0.1) is 11.8 Å². The summed E-state index contributed by atoms with van der Waals surface area (Å²) >= 11 is 7.79. The number of carbonyl (C=O) groups is 1. The van der Waals surface area contributed by atoms with Crippen LogP contribution in [0.5, 0.6) is 0 Å². The lowest BCUT2D eigenvalue weighted by Gasteiger charge is -2.27. The van der Waals surface area contributed by atoms with Gasteiger partial charge in [-0.05, 0) is 54.4 Å². The molecule has 0 bridgehead atoms. The minimum Gasteiger partial charge on any atom is -0.348 e. The molecule has 0 saturated heterocycles. The molecule has 2 aromatic carbocycles. The van der Waals surface area contributed by atoms with Crippen molar-refractivity contribution in [1.82, 2.24) is 9.62 Å². The zero-order valence-electron chi connectivity index (χ0n) is 15.1. The van der Waals surface area contributed by atoms with E-state index in [4.69, 9.17) is 16.9 Å². The molecular weight excluding hydrogens is 418 g/mol. The molecule has 0 spiro atoms. The van der Waals surface area contributed by atoms with Gasteiger partial charge in [-0.2, -0.15) is 9.57 Å². The highest BCUT2D eigenvalue weighted by Crippen LogP contribution is 2.37. The van der Waals surface area contributed by atoms with Crippen LogP contribution in [0.1, 0.15) is 23.6 Å². The molecule has 0 aromatic heterocycles. The molecule has 1 heterocycles.